The first kappa shape index (κ1) is 16.2. The number of amides is 3. The lowest BCUT2D eigenvalue weighted by molar-refractivity contribution is -0.139. The minimum atomic E-state index is -0.246. The SMILES string of the molecule is CCC(C)(C)NC(=O)c1ccc(CN2C(=O)CCC2=O)cc1. The molecule has 1 saturated heterocycles. The quantitative estimate of drug-likeness (QED) is 0.848. The Labute approximate surface area is 130 Å². The highest BCUT2D eigenvalue weighted by Gasteiger charge is 2.28. The lowest BCUT2D eigenvalue weighted by atomic mass is 10.0. The highest BCUT2D eigenvalue weighted by Crippen LogP contribution is 2.16. The Morgan fingerprint density at radius 1 is 1.14 bits per heavy atom. The number of rotatable bonds is 5. The Kier molecular flexibility index (Phi) is 4.64. The first-order valence-electron chi connectivity index (χ1n) is 7.57. The Hall–Kier alpha value is -2.17. The number of carbonyl (C=O) groups is 3. The number of hydrogen-bond acceptors (Lipinski definition) is 3. The topological polar surface area (TPSA) is 66.5 Å². The van der Waals surface area contributed by atoms with Crippen LogP contribution in [0.4, 0.5) is 0 Å². The summed E-state index contributed by atoms with van der Waals surface area (Å²) >= 11 is 0. The van der Waals surface area contributed by atoms with Crippen molar-refractivity contribution in [2.24, 2.45) is 0 Å². The molecule has 1 aliphatic rings. The van der Waals surface area contributed by atoms with Crippen LogP contribution in [0.1, 0.15) is 56.0 Å². The van der Waals surface area contributed by atoms with E-state index in [2.05, 4.69) is 5.32 Å². The molecule has 3 amide bonds. The predicted molar refractivity (Wildman–Crippen MR) is 83.1 cm³/mol. The molecular weight excluding hydrogens is 280 g/mol. The van der Waals surface area contributed by atoms with Gasteiger partial charge in [-0.2, -0.15) is 0 Å². The third-order valence-electron chi connectivity index (χ3n) is 4.05. The average Bonchev–Trinajstić information content (AvgIpc) is 2.79. The first-order chi connectivity index (χ1) is 10.3. The van der Waals surface area contributed by atoms with Crippen LogP contribution in [-0.2, 0) is 16.1 Å². The van der Waals surface area contributed by atoms with Crippen LogP contribution in [0, 0.1) is 0 Å². The molecule has 0 radical (unpaired) electrons. The van der Waals surface area contributed by atoms with Crippen molar-refractivity contribution < 1.29 is 14.4 Å². The molecule has 0 aliphatic carbocycles. The van der Waals surface area contributed by atoms with Crippen LogP contribution < -0.4 is 5.32 Å². The van der Waals surface area contributed by atoms with Gasteiger partial charge in [0.15, 0.2) is 0 Å². The van der Waals surface area contributed by atoms with E-state index in [1.165, 1.54) is 4.90 Å². The minimum absolute atomic E-state index is 0.119. The van der Waals surface area contributed by atoms with Crippen molar-refractivity contribution in [3.8, 4) is 0 Å². The zero-order valence-electron chi connectivity index (χ0n) is 13.3. The molecule has 5 heteroatoms. The average molecular weight is 302 g/mol. The molecule has 2 rings (SSSR count). The molecule has 118 valence electrons. The summed E-state index contributed by atoms with van der Waals surface area (Å²) in [5, 5.41) is 2.97. The number of likely N-dealkylation sites (tertiary alicyclic amines) is 1. The molecule has 1 fully saturated rings. The lowest BCUT2D eigenvalue weighted by Crippen LogP contribution is -2.42. The third kappa shape index (κ3) is 3.72. The summed E-state index contributed by atoms with van der Waals surface area (Å²) in [5.41, 5.74) is 1.17. The van der Waals surface area contributed by atoms with Gasteiger partial charge in [0.25, 0.3) is 5.91 Å². The maximum Gasteiger partial charge on any atom is 0.251 e. The van der Waals surface area contributed by atoms with E-state index in [0.717, 1.165) is 12.0 Å². The highest BCUT2D eigenvalue weighted by atomic mass is 16.2. The number of nitrogens with zero attached hydrogens (tertiary/aromatic N) is 1. The van der Waals surface area contributed by atoms with E-state index in [4.69, 9.17) is 0 Å². The summed E-state index contributed by atoms with van der Waals surface area (Å²) in [5.74, 6) is -0.375. The fraction of sp³-hybridized carbons (Fsp3) is 0.471. The Morgan fingerprint density at radius 3 is 2.18 bits per heavy atom. The summed E-state index contributed by atoms with van der Waals surface area (Å²) in [6.07, 6.45) is 1.44. The fourth-order valence-corrected chi connectivity index (χ4v) is 2.21. The van der Waals surface area contributed by atoms with Gasteiger partial charge in [0.05, 0.1) is 6.54 Å². The second-order valence-electron chi connectivity index (χ2n) is 6.26. The molecule has 1 aliphatic heterocycles. The molecule has 0 unspecified atom stereocenters. The number of benzene rings is 1. The Bertz CT molecular complexity index is 574. The summed E-state index contributed by atoms with van der Waals surface area (Å²) in [6, 6.07) is 7.02. The molecule has 1 aromatic rings. The molecular formula is C17H22N2O3. The molecule has 0 atom stereocenters. The van der Waals surface area contributed by atoms with Gasteiger partial charge in [-0.3, -0.25) is 19.3 Å². The van der Waals surface area contributed by atoms with E-state index in [0.29, 0.717) is 18.4 Å². The van der Waals surface area contributed by atoms with Crippen LogP contribution in [0.3, 0.4) is 0 Å². The second-order valence-corrected chi connectivity index (χ2v) is 6.26. The smallest absolute Gasteiger partial charge is 0.251 e. The maximum atomic E-state index is 12.1. The number of imide groups is 1. The molecule has 0 saturated carbocycles. The molecule has 1 N–H and O–H groups in total. The largest absolute Gasteiger partial charge is 0.347 e. The molecule has 5 nitrogen and oxygen atoms in total. The predicted octanol–water partition coefficient (Wildman–Crippen LogP) is 2.25. The van der Waals surface area contributed by atoms with Gasteiger partial charge in [-0.25, -0.2) is 0 Å². The third-order valence-corrected chi connectivity index (χ3v) is 4.05. The monoisotopic (exact) mass is 302 g/mol. The van der Waals surface area contributed by atoms with Crippen LogP contribution in [0.2, 0.25) is 0 Å². The number of nitrogens with one attached hydrogen (secondary N) is 1. The summed E-state index contributed by atoms with van der Waals surface area (Å²) < 4.78 is 0. The van der Waals surface area contributed by atoms with Crippen molar-refractivity contribution in [1.82, 2.24) is 10.2 Å². The fourth-order valence-electron chi connectivity index (χ4n) is 2.21. The van der Waals surface area contributed by atoms with E-state index in [1.54, 1.807) is 24.3 Å². The van der Waals surface area contributed by atoms with Gasteiger partial charge in [0.2, 0.25) is 11.8 Å². The van der Waals surface area contributed by atoms with Crippen LogP contribution in [-0.4, -0.2) is 28.2 Å². The van der Waals surface area contributed by atoms with Gasteiger partial charge in [0.1, 0.15) is 0 Å². The van der Waals surface area contributed by atoms with Crippen molar-refractivity contribution in [1.29, 1.82) is 0 Å². The van der Waals surface area contributed by atoms with Crippen LogP contribution in [0.15, 0.2) is 24.3 Å². The van der Waals surface area contributed by atoms with Crippen LogP contribution in [0.25, 0.3) is 0 Å². The minimum Gasteiger partial charge on any atom is -0.347 e. The van der Waals surface area contributed by atoms with Gasteiger partial charge in [-0.05, 0) is 38.0 Å². The van der Waals surface area contributed by atoms with Crippen molar-refractivity contribution in [2.45, 2.75) is 52.1 Å². The maximum absolute atomic E-state index is 12.1. The molecule has 1 heterocycles. The van der Waals surface area contributed by atoms with E-state index >= 15 is 0 Å². The van der Waals surface area contributed by atoms with Gasteiger partial charge in [-0.15, -0.1) is 0 Å². The van der Waals surface area contributed by atoms with E-state index in [1.807, 2.05) is 20.8 Å². The van der Waals surface area contributed by atoms with E-state index in [-0.39, 0.29) is 29.8 Å². The molecule has 0 spiro atoms. The summed E-state index contributed by atoms with van der Waals surface area (Å²) in [6.45, 7) is 6.25. The Balaban J connectivity index is 2.03. The summed E-state index contributed by atoms with van der Waals surface area (Å²) in [7, 11) is 0. The number of hydrogen-bond donors (Lipinski definition) is 1. The zero-order chi connectivity index (χ0) is 16.3. The van der Waals surface area contributed by atoms with Crippen molar-refractivity contribution in [2.75, 3.05) is 0 Å². The van der Waals surface area contributed by atoms with Crippen LogP contribution in [0.5, 0.6) is 0 Å². The van der Waals surface area contributed by atoms with Crippen molar-refractivity contribution in [3.05, 3.63) is 35.4 Å². The van der Waals surface area contributed by atoms with E-state index < -0.39 is 0 Å². The van der Waals surface area contributed by atoms with Gasteiger partial charge in [-0.1, -0.05) is 19.1 Å². The van der Waals surface area contributed by atoms with Gasteiger partial charge >= 0.3 is 0 Å². The van der Waals surface area contributed by atoms with Crippen LogP contribution >= 0.6 is 0 Å². The van der Waals surface area contributed by atoms with Gasteiger partial charge in [0, 0.05) is 23.9 Å². The first-order valence-corrected chi connectivity index (χ1v) is 7.57. The molecule has 22 heavy (non-hydrogen) atoms. The number of carbonyl (C=O) groups excluding carboxylic acids is 3. The standard InChI is InChI=1S/C17H22N2O3/c1-4-17(2,3)18-16(22)13-7-5-12(6-8-13)11-19-14(20)9-10-15(19)21/h5-8H,4,9-11H2,1-3H3,(H,18,22). The highest BCUT2D eigenvalue weighted by molar-refractivity contribution is 6.01. The van der Waals surface area contributed by atoms with Crippen molar-refractivity contribution in [3.63, 3.8) is 0 Å². The normalized spacial score (nSPS) is 15.3. The molecule has 1 aromatic carbocycles. The zero-order valence-corrected chi connectivity index (χ0v) is 13.3. The molecule has 0 aromatic heterocycles. The summed E-state index contributed by atoms with van der Waals surface area (Å²) in [4.78, 5) is 36.6. The van der Waals surface area contributed by atoms with Crippen molar-refractivity contribution >= 4 is 17.7 Å². The van der Waals surface area contributed by atoms with Gasteiger partial charge < -0.3 is 5.32 Å². The molecule has 0 bridgehead atoms. The Morgan fingerprint density at radius 2 is 1.68 bits per heavy atom. The van der Waals surface area contributed by atoms with E-state index in [9.17, 15) is 14.4 Å². The second kappa shape index (κ2) is 6.30. The lowest BCUT2D eigenvalue weighted by Gasteiger charge is -2.24.